The van der Waals surface area contributed by atoms with Crippen LogP contribution in [0.4, 0.5) is 0 Å². The number of rotatable bonds is 12. The highest BCUT2D eigenvalue weighted by Crippen LogP contribution is 2.52. The molecule has 0 N–H and O–H groups in total. The molecule has 0 heterocycles. The summed E-state index contributed by atoms with van der Waals surface area (Å²) in [5.41, 5.74) is 8.41. The van der Waals surface area contributed by atoms with Gasteiger partial charge in [-0.05, 0) is 207 Å². The van der Waals surface area contributed by atoms with Gasteiger partial charge < -0.3 is 0 Å². The third-order valence-electron chi connectivity index (χ3n) is 15.8. The van der Waals surface area contributed by atoms with Crippen molar-refractivity contribution in [2.45, 2.75) is 216 Å². The Balaban J connectivity index is 1.27. The molecular weight excluding hydrogens is 1130 g/mol. The van der Waals surface area contributed by atoms with E-state index in [1.807, 2.05) is 70.6 Å². The normalized spacial score (nSPS) is 12.9. The lowest BCUT2D eigenvalue weighted by molar-refractivity contribution is 0.589. The van der Waals surface area contributed by atoms with Gasteiger partial charge in [-0.2, -0.15) is 0 Å². The zero-order valence-electron chi connectivity index (χ0n) is 52.8. The molecule has 84 heavy (non-hydrogen) atoms. The van der Waals surface area contributed by atoms with Crippen molar-refractivity contribution in [1.29, 1.82) is 0 Å². The number of benzene rings is 10. The molecule has 0 bridgehead atoms. The Morgan fingerprint density at radius 2 is 0.274 bits per heavy atom. The quantitative estimate of drug-likeness (QED) is 0.111. The van der Waals surface area contributed by atoms with Crippen molar-refractivity contribution in [3.05, 3.63) is 215 Å². The fraction of sp³-hybridized carbons (Fsp3) is 0.308. The minimum Gasteiger partial charge on any atom is -0.0889 e. The summed E-state index contributed by atoms with van der Waals surface area (Å²) < 4.78 is 0. The summed E-state index contributed by atoms with van der Waals surface area (Å²) in [6, 6.07) is 71.0. The molecule has 432 valence electrons. The second kappa shape index (κ2) is 24.0. The molecule has 0 radical (unpaired) electrons. The molecule has 6 heteroatoms. The molecule has 0 fully saturated rings. The first-order chi connectivity index (χ1) is 39.3. The molecule has 10 aromatic rings. The van der Waals surface area contributed by atoms with Crippen molar-refractivity contribution in [2.75, 3.05) is 0 Å². The van der Waals surface area contributed by atoms with Crippen molar-refractivity contribution in [3.8, 4) is 0 Å². The SMILES string of the molecule is CC(C)(C)c1ccc(Sc2cc3c4cc(Sc5ccc(C(C)(C)C)cc5)c(Sc5ccc(C(C)(C)C)cc5)cc4c4cc(Sc5ccc(C(C)(C)C)cc5)c(Sc5ccc(C(C)(C)C)cc5)cc4c3cc2Sc2ccc(C(C)(C)C)cc2)cc1. The first kappa shape index (κ1) is 62.1. The number of hydrogen-bond donors (Lipinski definition) is 0. The molecule has 0 aliphatic rings. The second-order valence-electron chi connectivity index (χ2n) is 28.8. The van der Waals surface area contributed by atoms with Crippen LogP contribution >= 0.6 is 70.6 Å². The Hall–Kier alpha value is -4.92. The van der Waals surface area contributed by atoms with Crippen LogP contribution in [0.15, 0.2) is 241 Å². The van der Waals surface area contributed by atoms with Crippen LogP contribution in [0.2, 0.25) is 0 Å². The summed E-state index contributed by atoms with van der Waals surface area (Å²) in [7, 11) is 0. The first-order valence-electron chi connectivity index (χ1n) is 29.6. The highest BCUT2D eigenvalue weighted by atomic mass is 32.2. The van der Waals surface area contributed by atoms with Crippen molar-refractivity contribution in [2.24, 2.45) is 0 Å². The third-order valence-corrected chi connectivity index (χ3v) is 22.6. The van der Waals surface area contributed by atoms with E-state index in [1.54, 1.807) is 0 Å². The molecule has 0 unspecified atom stereocenters. The van der Waals surface area contributed by atoms with Gasteiger partial charge in [0, 0.05) is 58.7 Å². The average Bonchev–Trinajstić information content (AvgIpc) is 1.31. The van der Waals surface area contributed by atoms with Crippen LogP contribution in [-0.2, 0) is 32.5 Å². The molecule has 0 amide bonds. The van der Waals surface area contributed by atoms with E-state index < -0.39 is 0 Å². The maximum atomic E-state index is 2.54. The van der Waals surface area contributed by atoms with E-state index in [1.165, 1.54) is 124 Å². The topological polar surface area (TPSA) is 0 Å². The Kier molecular flexibility index (Phi) is 17.7. The summed E-state index contributed by atoms with van der Waals surface area (Å²) in [6.45, 7) is 41.4. The predicted molar refractivity (Wildman–Crippen MR) is 375 cm³/mol. The summed E-state index contributed by atoms with van der Waals surface area (Å²) in [6.07, 6.45) is 0. The zero-order chi connectivity index (χ0) is 60.3. The van der Waals surface area contributed by atoms with Gasteiger partial charge in [-0.3, -0.25) is 0 Å². The fourth-order valence-corrected chi connectivity index (χ4v) is 16.3. The Morgan fingerprint density at radius 1 is 0.167 bits per heavy atom. The monoisotopic (exact) mass is 1210 g/mol. The van der Waals surface area contributed by atoms with E-state index in [9.17, 15) is 0 Å². The van der Waals surface area contributed by atoms with E-state index in [4.69, 9.17) is 0 Å². The van der Waals surface area contributed by atoms with Crippen LogP contribution in [0.3, 0.4) is 0 Å². The molecule has 0 spiro atoms. The van der Waals surface area contributed by atoms with Crippen molar-refractivity contribution in [3.63, 3.8) is 0 Å². The van der Waals surface area contributed by atoms with Gasteiger partial charge in [0.1, 0.15) is 0 Å². The van der Waals surface area contributed by atoms with Gasteiger partial charge in [-0.25, -0.2) is 0 Å². The van der Waals surface area contributed by atoms with Gasteiger partial charge in [0.2, 0.25) is 0 Å². The van der Waals surface area contributed by atoms with Crippen LogP contribution in [0, 0.1) is 0 Å². The molecule has 0 atom stereocenters. The van der Waals surface area contributed by atoms with Crippen LogP contribution < -0.4 is 0 Å². The molecule has 0 aliphatic heterocycles. The van der Waals surface area contributed by atoms with E-state index in [0.29, 0.717) is 0 Å². The van der Waals surface area contributed by atoms with Gasteiger partial charge >= 0.3 is 0 Å². The van der Waals surface area contributed by atoms with Crippen LogP contribution in [0.1, 0.15) is 158 Å². The van der Waals surface area contributed by atoms with Gasteiger partial charge in [0.15, 0.2) is 0 Å². The maximum Gasteiger partial charge on any atom is 0.0268 e. The average molecular weight is 1210 g/mol. The smallest absolute Gasteiger partial charge is 0.0268 e. The minimum absolute atomic E-state index is 0.0615. The summed E-state index contributed by atoms with van der Waals surface area (Å²) in [4.78, 5) is 14.9. The van der Waals surface area contributed by atoms with Gasteiger partial charge in [-0.1, -0.05) is 268 Å². The van der Waals surface area contributed by atoms with Gasteiger partial charge in [0.25, 0.3) is 0 Å². The zero-order valence-corrected chi connectivity index (χ0v) is 57.7. The summed E-state index contributed by atoms with van der Waals surface area (Å²) >= 11 is 11.3. The molecule has 10 aromatic carbocycles. The van der Waals surface area contributed by atoms with Crippen molar-refractivity contribution in [1.82, 2.24) is 0 Å². The Bertz CT molecular complexity index is 3270. The standard InChI is InChI=1S/C78H84S6/c1-73(2,3)49-19-31-55(32-20-49)79-67-43-61-62(44-68(67)80-56-33-21-50(22-34-56)74(4,5)6)64-46-70(82-58-37-25-52(26-38-58)76(10,11)12)72(84-60-41-29-54(30-42-60)78(16,17)18)48-66(64)65-47-71(83-59-39-27-53(28-40-59)77(13,14)15)69(45-63(61)65)81-57-35-23-51(24-36-57)75(7,8)9/h19-48H,1-18H3. The Morgan fingerprint density at radius 3 is 0.369 bits per heavy atom. The van der Waals surface area contributed by atoms with Gasteiger partial charge in [0.05, 0.1) is 0 Å². The Labute approximate surface area is 529 Å². The summed E-state index contributed by atoms with van der Waals surface area (Å²) in [5, 5.41) is 7.57. The minimum atomic E-state index is 0.0615. The molecule has 0 saturated heterocycles. The van der Waals surface area contributed by atoms with E-state index >= 15 is 0 Å². The molecule has 0 nitrogen and oxygen atoms in total. The van der Waals surface area contributed by atoms with E-state index in [-0.39, 0.29) is 32.5 Å². The largest absolute Gasteiger partial charge is 0.0889 e. The van der Waals surface area contributed by atoms with Crippen molar-refractivity contribution < 1.29 is 0 Å². The van der Waals surface area contributed by atoms with Crippen LogP contribution in [0.25, 0.3) is 32.3 Å². The number of fused-ring (bicyclic) bond motifs is 6. The van der Waals surface area contributed by atoms with Crippen molar-refractivity contribution >= 4 is 103 Å². The molecule has 10 rings (SSSR count). The molecule has 0 aliphatic carbocycles. The van der Waals surface area contributed by atoms with Gasteiger partial charge in [-0.15, -0.1) is 0 Å². The molecule has 0 aromatic heterocycles. The maximum absolute atomic E-state index is 2.54. The highest BCUT2D eigenvalue weighted by molar-refractivity contribution is 8.03. The van der Waals surface area contributed by atoms with Crippen LogP contribution in [0.5, 0.6) is 0 Å². The second-order valence-corrected chi connectivity index (χ2v) is 35.5. The molecule has 0 saturated carbocycles. The lowest BCUT2D eigenvalue weighted by Crippen LogP contribution is -2.10. The molecular formula is C78H84S6. The third kappa shape index (κ3) is 14.6. The predicted octanol–water partition coefficient (Wildman–Crippen LogP) is 25.8. The fourth-order valence-electron chi connectivity index (χ4n) is 10.4. The van der Waals surface area contributed by atoms with Crippen LogP contribution in [-0.4, -0.2) is 0 Å². The highest BCUT2D eigenvalue weighted by Gasteiger charge is 2.24. The van der Waals surface area contributed by atoms with E-state index in [0.717, 1.165) is 0 Å². The summed E-state index contributed by atoms with van der Waals surface area (Å²) in [5.74, 6) is 0. The number of hydrogen-bond acceptors (Lipinski definition) is 6. The lowest BCUT2D eigenvalue weighted by atomic mass is 9.87. The first-order valence-corrected chi connectivity index (χ1v) is 34.5. The van der Waals surface area contributed by atoms with E-state index in [2.05, 4.69) is 307 Å². The lowest BCUT2D eigenvalue weighted by Gasteiger charge is -2.22.